The Hall–Kier alpha value is -1.32. The summed E-state index contributed by atoms with van der Waals surface area (Å²) in [5, 5.41) is 0. The van der Waals surface area contributed by atoms with Crippen molar-refractivity contribution in [2.24, 2.45) is 0 Å². The standard InChI is InChI=1S/C17H16BrClN2/c1-11-3-5-13(18)15(9-11)21-16-10-12(2)4-6-14(16)20-17(21)7-8-19/h3-6,9-10H,7-8H2,1-2H3. The molecule has 3 rings (SSSR count). The van der Waals surface area contributed by atoms with Gasteiger partial charge in [-0.05, 0) is 65.2 Å². The van der Waals surface area contributed by atoms with Crippen LogP contribution < -0.4 is 0 Å². The Morgan fingerprint density at radius 2 is 1.81 bits per heavy atom. The van der Waals surface area contributed by atoms with E-state index >= 15 is 0 Å². The summed E-state index contributed by atoms with van der Waals surface area (Å²) in [5.41, 5.74) is 5.70. The van der Waals surface area contributed by atoms with Gasteiger partial charge < -0.3 is 0 Å². The molecule has 0 fully saturated rings. The molecule has 4 heteroatoms. The van der Waals surface area contributed by atoms with E-state index in [4.69, 9.17) is 16.6 Å². The highest BCUT2D eigenvalue weighted by Gasteiger charge is 2.14. The fourth-order valence-corrected chi connectivity index (χ4v) is 3.14. The van der Waals surface area contributed by atoms with Crippen molar-refractivity contribution < 1.29 is 0 Å². The number of aromatic nitrogens is 2. The third kappa shape index (κ3) is 2.72. The molecule has 0 unspecified atom stereocenters. The SMILES string of the molecule is Cc1ccc(Br)c(-n2c(CCCl)nc3ccc(C)cc32)c1. The molecule has 0 radical (unpaired) electrons. The minimum Gasteiger partial charge on any atom is -0.295 e. The van der Waals surface area contributed by atoms with Crippen LogP contribution in [0.1, 0.15) is 17.0 Å². The maximum atomic E-state index is 5.96. The number of aryl methyl sites for hydroxylation is 3. The number of imidazole rings is 1. The van der Waals surface area contributed by atoms with Gasteiger partial charge in [0.05, 0.1) is 16.7 Å². The molecule has 1 heterocycles. The molecule has 0 bridgehead atoms. The molecule has 0 N–H and O–H groups in total. The van der Waals surface area contributed by atoms with Gasteiger partial charge in [-0.25, -0.2) is 4.98 Å². The van der Waals surface area contributed by atoms with Gasteiger partial charge in [0.2, 0.25) is 0 Å². The lowest BCUT2D eigenvalue weighted by Crippen LogP contribution is -2.03. The van der Waals surface area contributed by atoms with Crippen molar-refractivity contribution >= 4 is 38.6 Å². The summed E-state index contributed by atoms with van der Waals surface area (Å²) in [4.78, 5) is 4.75. The van der Waals surface area contributed by atoms with Crippen LogP contribution in [-0.4, -0.2) is 15.4 Å². The van der Waals surface area contributed by atoms with Crippen molar-refractivity contribution in [2.75, 3.05) is 5.88 Å². The minimum atomic E-state index is 0.561. The molecule has 21 heavy (non-hydrogen) atoms. The fourth-order valence-electron chi connectivity index (χ4n) is 2.55. The second kappa shape index (κ2) is 5.82. The highest BCUT2D eigenvalue weighted by Crippen LogP contribution is 2.29. The molecule has 0 amide bonds. The second-order valence-corrected chi connectivity index (χ2v) is 6.48. The highest BCUT2D eigenvalue weighted by atomic mass is 79.9. The molecule has 2 nitrogen and oxygen atoms in total. The number of fused-ring (bicyclic) bond motifs is 1. The first-order valence-corrected chi connectivity index (χ1v) is 8.23. The number of hydrogen-bond donors (Lipinski definition) is 0. The fraction of sp³-hybridized carbons (Fsp3) is 0.235. The van der Waals surface area contributed by atoms with Gasteiger partial charge in [0.1, 0.15) is 5.82 Å². The Kier molecular flexibility index (Phi) is 4.05. The van der Waals surface area contributed by atoms with Crippen LogP contribution in [-0.2, 0) is 6.42 Å². The molecule has 0 saturated heterocycles. The Balaban J connectivity index is 2.35. The molecule has 1 aromatic heterocycles. The average Bonchev–Trinajstić information content (AvgIpc) is 2.79. The van der Waals surface area contributed by atoms with E-state index in [1.165, 1.54) is 11.1 Å². The predicted octanol–water partition coefficient (Wildman–Crippen LogP) is 5.19. The summed E-state index contributed by atoms with van der Waals surface area (Å²) in [6, 6.07) is 12.7. The predicted molar refractivity (Wildman–Crippen MR) is 92.7 cm³/mol. The van der Waals surface area contributed by atoms with Gasteiger partial charge in [-0.15, -0.1) is 11.6 Å². The summed E-state index contributed by atoms with van der Waals surface area (Å²) in [6.45, 7) is 4.20. The van der Waals surface area contributed by atoms with E-state index in [2.05, 4.69) is 70.7 Å². The number of rotatable bonds is 3. The monoisotopic (exact) mass is 362 g/mol. The van der Waals surface area contributed by atoms with Gasteiger partial charge in [-0.2, -0.15) is 0 Å². The Bertz CT molecular complexity index is 808. The summed E-state index contributed by atoms with van der Waals surface area (Å²) in [7, 11) is 0. The molecular weight excluding hydrogens is 348 g/mol. The van der Waals surface area contributed by atoms with Crippen LogP contribution in [0, 0.1) is 13.8 Å². The van der Waals surface area contributed by atoms with Gasteiger partial charge in [-0.1, -0.05) is 12.1 Å². The van der Waals surface area contributed by atoms with Crippen LogP contribution in [0.2, 0.25) is 0 Å². The topological polar surface area (TPSA) is 17.8 Å². The summed E-state index contributed by atoms with van der Waals surface area (Å²) in [6.07, 6.45) is 0.746. The zero-order chi connectivity index (χ0) is 15.0. The average molecular weight is 364 g/mol. The van der Waals surface area contributed by atoms with Crippen molar-refractivity contribution in [2.45, 2.75) is 20.3 Å². The molecule has 0 aliphatic rings. The first kappa shape index (κ1) is 14.6. The number of benzene rings is 2. The lowest BCUT2D eigenvalue weighted by atomic mass is 10.2. The van der Waals surface area contributed by atoms with Gasteiger partial charge in [0, 0.05) is 16.8 Å². The third-order valence-electron chi connectivity index (χ3n) is 3.54. The van der Waals surface area contributed by atoms with E-state index in [9.17, 15) is 0 Å². The van der Waals surface area contributed by atoms with E-state index in [-0.39, 0.29) is 0 Å². The Morgan fingerprint density at radius 1 is 1.10 bits per heavy atom. The summed E-state index contributed by atoms with van der Waals surface area (Å²) < 4.78 is 3.27. The molecule has 0 aliphatic carbocycles. The molecule has 0 aliphatic heterocycles. The van der Waals surface area contributed by atoms with Crippen LogP contribution in [0.25, 0.3) is 16.7 Å². The van der Waals surface area contributed by atoms with E-state index in [1.807, 2.05) is 0 Å². The van der Waals surface area contributed by atoms with Crippen LogP contribution in [0.15, 0.2) is 40.9 Å². The normalized spacial score (nSPS) is 11.2. The van der Waals surface area contributed by atoms with Crippen LogP contribution in [0.4, 0.5) is 0 Å². The molecule has 2 aromatic carbocycles. The summed E-state index contributed by atoms with van der Waals surface area (Å²) in [5.74, 6) is 1.56. The largest absolute Gasteiger partial charge is 0.295 e. The first-order valence-electron chi connectivity index (χ1n) is 6.90. The number of nitrogens with zero attached hydrogens (tertiary/aromatic N) is 2. The smallest absolute Gasteiger partial charge is 0.115 e. The maximum Gasteiger partial charge on any atom is 0.115 e. The van der Waals surface area contributed by atoms with E-state index < -0.39 is 0 Å². The van der Waals surface area contributed by atoms with Crippen molar-refractivity contribution in [3.8, 4) is 5.69 Å². The van der Waals surface area contributed by atoms with Crippen molar-refractivity contribution in [1.82, 2.24) is 9.55 Å². The van der Waals surface area contributed by atoms with E-state index in [0.29, 0.717) is 5.88 Å². The highest BCUT2D eigenvalue weighted by molar-refractivity contribution is 9.10. The Labute approximate surface area is 137 Å². The van der Waals surface area contributed by atoms with Gasteiger partial charge >= 0.3 is 0 Å². The van der Waals surface area contributed by atoms with Crippen molar-refractivity contribution in [3.63, 3.8) is 0 Å². The number of alkyl halides is 1. The van der Waals surface area contributed by atoms with Crippen LogP contribution in [0.3, 0.4) is 0 Å². The quantitative estimate of drug-likeness (QED) is 0.586. The van der Waals surface area contributed by atoms with E-state index in [0.717, 1.165) is 33.4 Å². The minimum absolute atomic E-state index is 0.561. The maximum absolute atomic E-state index is 5.96. The molecule has 3 aromatic rings. The number of hydrogen-bond acceptors (Lipinski definition) is 1. The van der Waals surface area contributed by atoms with Crippen molar-refractivity contribution in [1.29, 1.82) is 0 Å². The molecule has 0 saturated carbocycles. The van der Waals surface area contributed by atoms with Gasteiger partial charge in [-0.3, -0.25) is 4.57 Å². The molecule has 0 spiro atoms. The molecular formula is C17H16BrClN2. The van der Waals surface area contributed by atoms with Crippen LogP contribution in [0.5, 0.6) is 0 Å². The molecule has 0 atom stereocenters. The lowest BCUT2D eigenvalue weighted by Gasteiger charge is -2.12. The Morgan fingerprint density at radius 3 is 2.57 bits per heavy atom. The van der Waals surface area contributed by atoms with Crippen LogP contribution >= 0.6 is 27.5 Å². The third-order valence-corrected chi connectivity index (χ3v) is 4.40. The second-order valence-electron chi connectivity index (χ2n) is 5.25. The lowest BCUT2D eigenvalue weighted by molar-refractivity contribution is 0.908. The zero-order valence-corrected chi connectivity index (χ0v) is 14.4. The van der Waals surface area contributed by atoms with Gasteiger partial charge in [0.15, 0.2) is 0 Å². The van der Waals surface area contributed by atoms with E-state index in [1.54, 1.807) is 0 Å². The zero-order valence-electron chi connectivity index (χ0n) is 12.0. The summed E-state index contributed by atoms with van der Waals surface area (Å²) >= 11 is 9.62. The molecule has 108 valence electrons. The number of halogens is 2. The van der Waals surface area contributed by atoms with Gasteiger partial charge in [0.25, 0.3) is 0 Å². The first-order chi connectivity index (χ1) is 10.1. The van der Waals surface area contributed by atoms with Crippen molar-refractivity contribution in [3.05, 3.63) is 57.8 Å².